The first-order valence-electron chi connectivity index (χ1n) is 11.9. The summed E-state index contributed by atoms with van der Waals surface area (Å²) in [6, 6.07) is 15.7. The summed E-state index contributed by atoms with van der Waals surface area (Å²) >= 11 is 0. The summed E-state index contributed by atoms with van der Waals surface area (Å²) in [6.45, 7) is 4.54. The van der Waals surface area contributed by atoms with Gasteiger partial charge in [0, 0.05) is 18.8 Å². The molecule has 11 nitrogen and oxygen atoms in total. The number of carboxylic acid groups (broad SMARTS) is 1. The summed E-state index contributed by atoms with van der Waals surface area (Å²) in [5.74, 6) is -3.73. The minimum Gasteiger partial charge on any atom is -0.478 e. The Kier molecular flexibility index (Phi) is 9.73. The van der Waals surface area contributed by atoms with Crippen LogP contribution in [-0.2, 0) is 14.3 Å². The standard InChI is InChI=1S/C29H26N2O9/c1-4-25(32)38-13-14-39-29(37)24-16-23(28(35)36)21(26(33)30-3)15-22(24)27(34)31-18-7-11-20(12-8-18)40-19-9-5-17(2)6-10-19/h4-12,15-16H,1,13-14H2,2-3H3,(H,30,33)(H,31,34)(H,35,36). The van der Waals surface area contributed by atoms with Gasteiger partial charge in [-0.15, -0.1) is 0 Å². The van der Waals surface area contributed by atoms with Crippen LogP contribution < -0.4 is 15.4 Å². The van der Waals surface area contributed by atoms with E-state index in [1.165, 1.54) is 7.05 Å². The van der Waals surface area contributed by atoms with Crippen LogP contribution in [0.1, 0.15) is 47.0 Å². The van der Waals surface area contributed by atoms with Gasteiger partial charge in [0.05, 0.1) is 22.3 Å². The van der Waals surface area contributed by atoms with Crippen molar-refractivity contribution in [2.45, 2.75) is 6.92 Å². The predicted octanol–water partition coefficient (Wildman–Crippen LogP) is 3.98. The molecule has 3 rings (SSSR count). The monoisotopic (exact) mass is 546 g/mol. The zero-order chi connectivity index (χ0) is 29.2. The lowest BCUT2D eigenvalue weighted by atomic mass is 9.96. The Balaban J connectivity index is 1.86. The van der Waals surface area contributed by atoms with Crippen molar-refractivity contribution in [3.63, 3.8) is 0 Å². The number of carbonyl (C=O) groups excluding carboxylic acids is 4. The number of benzene rings is 3. The van der Waals surface area contributed by atoms with Gasteiger partial charge in [-0.25, -0.2) is 14.4 Å². The number of amides is 2. The maximum atomic E-state index is 13.2. The highest BCUT2D eigenvalue weighted by molar-refractivity contribution is 6.15. The van der Waals surface area contributed by atoms with Crippen LogP contribution in [0, 0.1) is 6.92 Å². The van der Waals surface area contributed by atoms with Crippen LogP contribution in [0.15, 0.2) is 73.3 Å². The summed E-state index contributed by atoms with van der Waals surface area (Å²) in [6.07, 6.45) is 0.933. The Morgan fingerprint density at radius 1 is 0.800 bits per heavy atom. The van der Waals surface area contributed by atoms with Crippen molar-refractivity contribution in [2.24, 2.45) is 0 Å². The van der Waals surface area contributed by atoms with Crippen LogP contribution in [0.3, 0.4) is 0 Å². The van der Waals surface area contributed by atoms with Gasteiger partial charge in [0.25, 0.3) is 11.8 Å². The first-order valence-corrected chi connectivity index (χ1v) is 11.9. The zero-order valence-electron chi connectivity index (χ0n) is 21.7. The van der Waals surface area contributed by atoms with Gasteiger partial charge in [-0.3, -0.25) is 9.59 Å². The van der Waals surface area contributed by atoms with Gasteiger partial charge in [-0.05, 0) is 55.5 Å². The number of carbonyl (C=O) groups is 5. The maximum Gasteiger partial charge on any atom is 0.339 e. The van der Waals surface area contributed by atoms with E-state index in [1.54, 1.807) is 24.3 Å². The molecule has 3 N–H and O–H groups in total. The van der Waals surface area contributed by atoms with E-state index in [4.69, 9.17) is 14.2 Å². The van der Waals surface area contributed by atoms with Crippen molar-refractivity contribution in [1.29, 1.82) is 0 Å². The van der Waals surface area contributed by atoms with E-state index in [1.807, 2.05) is 31.2 Å². The zero-order valence-corrected chi connectivity index (χ0v) is 21.7. The van der Waals surface area contributed by atoms with E-state index in [0.717, 1.165) is 23.8 Å². The maximum absolute atomic E-state index is 13.2. The number of rotatable bonds is 11. The average molecular weight is 547 g/mol. The Morgan fingerprint density at radius 2 is 1.35 bits per heavy atom. The van der Waals surface area contributed by atoms with Crippen molar-refractivity contribution in [2.75, 3.05) is 25.6 Å². The third-order valence-electron chi connectivity index (χ3n) is 5.42. The van der Waals surface area contributed by atoms with Gasteiger partial charge in [-0.1, -0.05) is 24.3 Å². The van der Waals surface area contributed by atoms with Crippen LogP contribution >= 0.6 is 0 Å². The highest BCUT2D eigenvalue weighted by Crippen LogP contribution is 2.25. The summed E-state index contributed by atoms with van der Waals surface area (Å²) in [5.41, 5.74) is -0.146. The molecule has 0 bridgehead atoms. The fraction of sp³-hybridized carbons (Fsp3) is 0.138. The molecular formula is C29H26N2O9. The van der Waals surface area contributed by atoms with E-state index in [9.17, 15) is 29.1 Å². The molecule has 0 saturated carbocycles. The van der Waals surface area contributed by atoms with E-state index in [0.29, 0.717) is 17.2 Å². The third-order valence-corrected chi connectivity index (χ3v) is 5.42. The summed E-state index contributed by atoms with van der Waals surface area (Å²) in [7, 11) is 1.29. The molecule has 0 fully saturated rings. The molecule has 0 atom stereocenters. The van der Waals surface area contributed by atoms with Crippen LogP contribution in [0.2, 0.25) is 0 Å². The summed E-state index contributed by atoms with van der Waals surface area (Å²) in [5, 5.41) is 14.5. The average Bonchev–Trinajstić information content (AvgIpc) is 2.95. The number of carboxylic acids is 1. The minimum absolute atomic E-state index is 0.294. The number of anilines is 1. The van der Waals surface area contributed by atoms with E-state index >= 15 is 0 Å². The topological polar surface area (TPSA) is 157 Å². The molecule has 11 heteroatoms. The number of ether oxygens (including phenoxy) is 3. The highest BCUT2D eigenvalue weighted by Gasteiger charge is 2.26. The van der Waals surface area contributed by atoms with Gasteiger partial charge >= 0.3 is 17.9 Å². The number of hydrogen-bond acceptors (Lipinski definition) is 8. The molecule has 0 spiro atoms. The lowest BCUT2D eigenvalue weighted by molar-refractivity contribution is -0.138. The Labute approximate surface area is 229 Å². The second-order valence-corrected chi connectivity index (χ2v) is 8.23. The smallest absolute Gasteiger partial charge is 0.339 e. The molecule has 3 aromatic carbocycles. The summed E-state index contributed by atoms with van der Waals surface area (Å²) < 4.78 is 15.6. The number of hydrogen-bond donors (Lipinski definition) is 3. The summed E-state index contributed by atoms with van der Waals surface area (Å²) in [4.78, 5) is 61.4. The van der Waals surface area contributed by atoms with Crippen molar-refractivity contribution >= 4 is 35.4 Å². The van der Waals surface area contributed by atoms with Crippen LogP contribution in [0.5, 0.6) is 11.5 Å². The molecule has 0 unspecified atom stereocenters. The lowest BCUT2D eigenvalue weighted by Crippen LogP contribution is -2.25. The highest BCUT2D eigenvalue weighted by atomic mass is 16.6. The number of aromatic carboxylic acids is 1. The fourth-order valence-electron chi connectivity index (χ4n) is 3.42. The number of nitrogens with one attached hydrogen (secondary N) is 2. The third kappa shape index (κ3) is 7.54. The molecule has 0 radical (unpaired) electrons. The van der Waals surface area contributed by atoms with Crippen LogP contribution in [0.25, 0.3) is 0 Å². The fourth-order valence-corrected chi connectivity index (χ4v) is 3.42. The molecule has 0 aliphatic rings. The molecule has 0 heterocycles. The van der Waals surface area contributed by atoms with Crippen LogP contribution in [-0.4, -0.2) is 55.1 Å². The van der Waals surface area contributed by atoms with E-state index in [2.05, 4.69) is 17.2 Å². The molecule has 206 valence electrons. The Morgan fingerprint density at radius 3 is 1.93 bits per heavy atom. The van der Waals surface area contributed by atoms with Crippen LogP contribution in [0.4, 0.5) is 5.69 Å². The van der Waals surface area contributed by atoms with Gasteiger partial charge in [-0.2, -0.15) is 0 Å². The lowest BCUT2D eigenvalue weighted by Gasteiger charge is -2.14. The molecule has 3 aromatic rings. The van der Waals surface area contributed by atoms with Crippen molar-refractivity contribution in [1.82, 2.24) is 5.32 Å². The molecule has 40 heavy (non-hydrogen) atoms. The first kappa shape index (κ1) is 29.1. The molecule has 0 aliphatic heterocycles. The largest absolute Gasteiger partial charge is 0.478 e. The Hall–Kier alpha value is -5.45. The predicted molar refractivity (Wildman–Crippen MR) is 144 cm³/mol. The number of esters is 2. The van der Waals surface area contributed by atoms with Crippen molar-refractivity contribution in [3.05, 3.63) is 101 Å². The second kappa shape index (κ2) is 13.4. The van der Waals surface area contributed by atoms with Crippen molar-refractivity contribution in [3.8, 4) is 11.5 Å². The van der Waals surface area contributed by atoms with E-state index in [-0.39, 0.29) is 24.3 Å². The van der Waals surface area contributed by atoms with Gasteiger partial charge in [0.1, 0.15) is 24.7 Å². The first-order chi connectivity index (χ1) is 19.1. The normalized spacial score (nSPS) is 10.2. The van der Waals surface area contributed by atoms with Gasteiger partial charge < -0.3 is 30.0 Å². The SMILES string of the molecule is C=CC(=O)OCCOC(=O)c1cc(C(=O)O)c(C(=O)NC)cc1C(=O)Nc1ccc(Oc2ccc(C)cc2)cc1. The quantitative estimate of drug-likeness (QED) is 0.184. The number of aryl methyl sites for hydroxylation is 1. The van der Waals surface area contributed by atoms with Gasteiger partial charge in [0.15, 0.2) is 0 Å². The van der Waals surface area contributed by atoms with Gasteiger partial charge in [0.2, 0.25) is 0 Å². The molecule has 0 aromatic heterocycles. The minimum atomic E-state index is -1.50. The van der Waals surface area contributed by atoms with Crippen molar-refractivity contribution < 1.29 is 43.3 Å². The van der Waals surface area contributed by atoms with E-state index < -0.39 is 40.8 Å². The molecule has 0 aliphatic carbocycles. The Bertz CT molecular complexity index is 1450. The molecule has 2 amide bonds. The molecule has 0 saturated heterocycles. The second-order valence-electron chi connectivity index (χ2n) is 8.23. The molecular weight excluding hydrogens is 520 g/mol.